The third-order valence-electron chi connectivity index (χ3n) is 4.37. The zero-order valence-corrected chi connectivity index (χ0v) is 19.0. The van der Waals surface area contributed by atoms with Crippen LogP contribution >= 0.6 is 11.6 Å². The molecule has 9 heteroatoms. The second kappa shape index (κ2) is 8.29. The molecule has 0 fully saturated rings. The van der Waals surface area contributed by atoms with Gasteiger partial charge >= 0.3 is 0 Å². The Morgan fingerprint density at radius 3 is 1.83 bits per heavy atom. The molecule has 0 atom stereocenters. The Morgan fingerprint density at radius 2 is 1.27 bits per heavy atom. The SMILES string of the molecule is Cc1cc(C)c(S(=O)(=O)Nc2ccc(S(=O)(=O)Nc3cccc(Cl)c3)cc2)c(C)c1. The van der Waals surface area contributed by atoms with Crippen LogP contribution in [0.5, 0.6) is 0 Å². The quantitative estimate of drug-likeness (QED) is 0.544. The summed E-state index contributed by atoms with van der Waals surface area (Å²) in [6.07, 6.45) is 0. The highest BCUT2D eigenvalue weighted by molar-refractivity contribution is 7.93. The van der Waals surface area contributed by atoms with Gasteiger partial charge in [-0.1, -0.05) is 35.4 Å². The summed E-state index contributed by atoms with van der Waals surface area (Å²) in [5, 5.41) is 0.404. The van der Waals surface area contributed by atoms with Crippen molar-refractivity contribution in [3.8, 4) is 0 Å². The van der Waals surface area contributed by atoms with Gasteiger partial charge in [-0.25, -0.2) is 16.8 Å². The highest BCUT2D eigenvalue weighted by Gasteiger charge is 2.21. The Kier molecular flexibility index (Phi) is 6.12. The average Bonchev–Trinajstić information content (AvgIpc) is 2.60. The summed E-state index contributed by atoms with van der Waals surface area (Å²) < 4.78 is 55.8. The monoisotopic (exact) mass is 464 g/mol. The molecular formula is C21H21ClN2O4S2. The Morgan fingerprint density at radius 1 is 0.700 bits per heavy atom. The van der Waals surface area contributed by atoms with E-state index in [-0.39, 0.29) is 15.5 Å². The smallest absolute Gasteiger partial charge is 0.262 e. The topological polar surface area (TPSA) is 92.3 Å². The number of nitrogens with one attached hydrogen (secondary N) is 2. The van der Waals surface area contributed by atoms with Gasteiger partial charge in [0.15, 0.2) is 0 Å². The second-order valence-electron chi connectivity index (χ2n) is 6.97. The first kappa shape index (κ1) is 22.1. The highest BCUT2D eigenvalue weighted by Crippen LogP contribution is 2.25. The molecule has 0 saturated carbocycles. The van der Waals surface area contributed by atoms with E-state index in [0.717, 1.165) is 5.56 Å². The number of benzene rings is 3. The predicted molar refractivity (Wildman–Crippen MR) is 120 cm³/mol. The van der Waals surface area contributed by atoms with E-state index < -0.39 is 20.0 Å². The Balaban J connectivity index is 1.84. The van der Waals surface area contributed by atoms with E-state index in [1.54, 1.807) is 44.2 Å². The van der Waals surface area contributed by atoms with Crippen LogP contribution in [-0.4, -0.2) is 16.8 Å². The van der Waals surface area contributed by atoms with Crippen molar-refractivity contribution >= 4 is 43.0 Å². The molecule has 0 bridgehead atoms. The number of aryl methyl sites for hydroxylation is 3. The number of halogens is 1. The molecule has 30 heavy (non-hydrogen) atoms. The zero-order chi connectivity index (χ0) is 22.1. The average molecular weight is 465 g/mol. The maximum absolute atomic E-state index is 12.9. The van der Waals surface area contributed by atoms with Gasteiger partial charge in [-0.15, -0.1) is 0 Å². The molecule has 158 valence electrons. The van der Waals surface area contributed by atoms with Crippen LogP contribution in [0.1, 0.15) is 16.7 Å². The van der Waals surface area contributed by atoms with Gasteiger partial charge in [0.25, 0.3) is 20.0 Å². The fourth-order valence-electron chi connectivity index (χ4n) is 3.27. The number of hydrogen-bond donors (Lipinski definition) is 2. The molecular weight excluding hydrogens is 444 g/mol. The molecule has 0 spiro atoms. The van der Waals surface area contributed by atoms with Gasteiger partial charge in [0.2, 0.25) is 0 Å². The minimum atomic E-state index is -3.85. The molecule has 3 aromatic rings. The lowest BCUT2D eigenvalue weighted by atomic mass is 10.1. The van der Waals surface area contributed by atoms with Crippen LogP contribution in [0.4, 0.5) is 11.4 Å². The van der Waals surface area contributed by atoms with Crippen LogP contribution < -0.4 is 9.44 Å². The summed E-state index contributed by atoms with van der Waals surface area (Å²) in [6, 6.07) is 15.4. The fraction of sp³-hybridized carbons (Fsp3) is 0.143. The molecule has 3 rings (SSSR count). The van der Waals surface area contributed by atoms with E-state index >= 15 is 0 Å². The third kappa shape index (κ3) is 4.95. The van der Waals surface area contributed by atoms with Crippen molar-refractivity contribution in [2.45, 2.75) is 30.6 Å². The minimum absolute atomic E-state index is 0.00637. The van der Waals surface area contributed by atoms with Crippen LogP contribution in [0.15, 0.2) is 70.5 Å². The number of hydrogen-bond acceptors (Lipinski definition) is 4. The molecule has 0 radical (unpaired) electrons. The Bertz CT molecular complexity index is 1280. The van der Waals surface area contributed by atoms with Crippen LogP contribution in [0.2, 0.25) is 5.02 Å². The van der Waals surface area contributed by atoms with E-state index in [0.29, 0.717) is 21.8 Å². The molecule has 6 nitrogen and oxygen atoms in total. The summed E-state index contributed by atoms with van der Waals surface area (Å²) in [6.45, 7) is 5.39. The summed E-state index contributed by atoms with van der Waals surface area (Å²) in [5.74, 6) is 0. The second-order valence-corrected chi connectivity index (χ2v) is 10.7. The van der Waals surface area contributed by atoms with Gasteiger partial charge in [0.05, 0.1) is 15.5 Å². The Labute approximate surface area is 182 Å². The fourth-order valence-corrected chi connectivity index (χ4v) is 6.02. The zero-order valence-electron chi connectivity index (χ0n) is 16.6. The lowest BCUT2D eigenvalue weighted by Gasteiger charge is -2.14. The van der Waals surface area contributed by atoms with Crippen molar-refractivity contribution in [2.75, 3.05) is 9.44 Å². The summed E-state index contributed by atoms with van der Waals surface area (Å²) in [5.41, 5.74) is 2.86. The first-order valence-electron chi connectivity index (χ1n) is 8.97. The standard InChI is InChI=1S/C21H21ClN2O4S2/c1-14-11-15(2)21(16(3)12-14)30(27,28)23-18-7-9-20(10-8-18)29(25,26)24-19-6-4-5-17(22)13-19/h4-13,23-24H,1-3H3. The van der Waals surface area contributed by atoms with Crippen LogP contribution in [-0.2, 0) is 20.0 Å². The van der Waals surface area contributed by atoms with Gasteiger partial charge in [-0.3, -0.25) is 9.44 Å². The first-order chi connectivity index (χ1) is 14.0. The largest absolute Gasteiger partial charge is 0.280 e. The minimum Gasteiger partial charge on any atom is -0.280 e. The predicted octanol–water partition coefficient (Wildman–Crippen LogP) is 4.87. The molecule has 0 aromatic heterocycles. The highest BCUT2D eigenvalue weighted by atomic mass is 35.5. The van der Waals surface area contributed by atoms with E-state index in [1.165, 1.54) is 30.3 Å². The van der Waals surface area contributed by atoms with Gasteiger partial charge in [0.1, 0.15) is 0 Å². The molecule has 3 aromatic carbocycles. The van der Waals surface area contributed by atoms with Crippen molar-refractivity contribution in [2.24, 2.45) is 0 Å². The molecule has 0 saturated heterocycles. The molecule has 0 heterocycles. The number of sulfonamides is 2. The lowest BCUT2D eigenvalue weighted by Crippen LogP contribution is -2.16. The van der Waals surface area contributed by atoms with Crippen LogP contribution in [0.25, 0.3) is 0 Å². The summed E-state index contributed by atoms with van der Waals surface area (Å²) in [7, 11) is -7.67. The van der Waals surface area contributed by atoms with Crippen molar-refractivity contribution in [3.63, 3.8) is 0 Å². The van der Waals surface area contributed by atoms with Crippen LogP contribution in [0.3, 0.4) is 0 Å². The maximum Gasteiger partial charge on any atom is 0.262 e. The van der Waals surface area contributed by atoms with Gasteiger partial charge in [-0.05, 0) is 74.4 Å². The van der Waals surface area contributed by atoms with Crippen LogP contribution in [0, 0.1) is 20.8 Å². The summed E-state index contributed by atoms with van der Waals surface area (Å²) >= 11 is 5.88. The first-order valence-corrected chi connectivity index (χ1v) is 12.3. The maximum atomic E-state index is 12.9. The third-order valence-corrected chi connectivity index (χ3v) is 7.69. The normalized spacial score (nSPS) is 11.9. The van der Waals surface area contributed by atoms with E-state index in [2.05, 4.69) is 9.44 Å². The van der Waals surface area contributed by atoms with Crippen molar-refractivity contribution in [1.29, 1.82) is 0 Å². The van der Waals surface area contributed by atoms with Crippen molar-refractivity contribution in [1.82, 2.24) is 0 Å². The Hall–Kier alpha value is -2.55. The molecule has 0 aliphatic heterocycles. The number of anilines is 2. The van der Waals surface area contributed by atoms with E-state index in [1.807, 2.05) is 6.92 Å². The van der Waals surface area contributed by atoms with Gasteiger partial charge < -0.3 is 0 Å². The van der Waals surface area contributed by atoms with Gasteiger partial charge in [-0.2, -0.15) is 0 Å². The van der Waals surface area contributed by atoms with Crippen molar-refractivity contribution in [3.05, 3.63) is 82.4 Å². The van der Waals surface area contributed by atoms with E-state index in [4.69, 9.17) is 11.6 Å². The molecule has 0 amide bonds. The summed E-state index contributed by atoms with van der Waals surface area (Å²) in [4.78, 5) is 0.209. The van der Waals surface area contributed by atoms with Gasteiger partial charge in [0, 0.05) is 10.7 Å². The molecule has 0 aliphatic carbocycles. The molecule has 0 unspecified atom stereocenters. The molecule has 0 aliphatic rings. The number of rotatable bonds is 6. The van der Waals surface area contributed by atoms with E-state index in [9.17, 15) is 16.8 Å². The molecule has 2 N–H and O–H groups in total. The lowest BCUT2D eigenvalue weighted by molar-refractivity contribution is 0.599. The van der Waals surface area contributed by atoms with Crippen molar-refractivity contribution < 1.29 is 16.8 Å².